The molecule has 2 aromatic carbocycles. The molecule has 0 saturated carbocycles. The molecule has 0 aromatic heterocycles. The second kappa shape index (κ2) is 11.1. The smallest absolute Gasteiger partial charge is 0.457 e. The number of carbonyl (C=O) groups is 3. The molecule has 0 aliphatic heterocycles. The molecule has 11 nitrogen and oxygen atoms in total. The van der Waals surface area contributed by atoms with E-state index in [-0.39, 0.29) is 24.5 Å². The highest BCUT2D eigenvalue weighted by Gasteiger charge is 2.16. The predicted molar refractivity (Wildman–Crippen MR) is 102 cm³/mol. The van der Waals surface area contributed by atoms with Crippen LogP contribution in [0.15, 0.2) is 48.5 Å². The van der Waals surface area contributed by atoms with Gasteiger partial charge in [-0.1, -0.05) is 30.3 Å². The molecule has 0 spiro atoms. The molecule has 0 aliphatic rings. The molecule has 164 valence electrons. The second-order valence-corrected chi connectivity index (χ2v) is 6.04. The Kier molecular flexibility index (Phi) is 8.31. The first kappa shape index (κ1) is 23.1. The second-order valence-electron chi connectivity index (χ2n) is 6.04. The summed E-state index contributed by atoms with van der Waals surface area (Å²) in [4.78, 5) is 49.2. The molecular formula is C20H19NO10. The van der Waals surface area contributed by atoms with Gasteiger partial charge in [0, 0.05) is 6.92 Å². The number of rotatable bonds is 9. The van der Waals surface area contributed by atoms with E-state index in [1.807, 2.05) is 0 Å². The summed E-state index contributed by atoms with van der Waals surface area (Å²) in [5.41, 5.74) is 1.28. The van der Waals surface area contributed by atoms with Crippen molar-refractivity contribution < 1.29 is 43.3 Å². The third-order valence-electron chi connectivity index (χ3n) is 3.58. The first-order valence-corrected chi connectivity index (χ1v) is 8.91. The van der Waals surface area contributed by atoms with Crippen LogP contribution in [0.3, 0.4) is 0 Å². The van der Waals surface area contributed by atoms with E-state index in [1.165, 1.54) is 26.0 Å². The minimum atomic E-state index is -1.41. The zero-order chi connectivity index (χ0) is 22.8. The Labute approximate surface area is 176 Å². The third-order valence-corrected chi connectivity index (χ3v) is 3.58. The number of hydrogen-bond donors (Lipinski definition) is 0. The number of hydrogen-bond acceptors (Lipinski definition) is 10. The summed E-state index contributed by atoms with van der Waals surface area (Å²) in [6.45, 7) is 2.13. The third kappa shape index (κ3) is 8.01. The monoisotopic (exact) mass is 433 g/mol. The molecular weight excluding hydrogens is 414 g/mol. The highest BCUT2D eigenvalue weighted by atomic mass is 17.0. The predicted octanol–water partition coefficient (Wildman–Crippen LogP) is 3.18. The zero-order valence-corrected chi connectivity index (χ0v) is 16.6. The molecule has 0 N–H and O–H groups in total. The Morgan fingerprint density at radius 2 is 1.65 bits per heavy atom. The van der Waals surface area contributed by atoms with Crippen LogP contribution in [0.5, 0.6) is 5.75 Å². The van der Waals surface area contributed by atoms with Crippen LogP contribution in [0, 0.1) is 10.1 Å². The van der Waals surface area contributed by atoms with E-state index in [0.717, 1.165) is 0 Å². The van der Waals surface area contributed by atoms with Gasteiger partial charge in [0.1, 0.15) is 24.5 Å². The summed E-state index contributed by atoms with van der Waals surface area (Å²) >= 11 is 0. The lowest BCUT2D eigenvalue weighted by atomic mass is 10.1. The summed E-state index contributed by atoms with van der Waals surface area (Å²) < 4.78 is 19.7. The van der Waals surface area contributed by atoms with Crippen LogP contribution < -0.4 is 4.74 Å². The van der Waals surface area contributed by atoms with E-state index in [2.05, 4.69) is 9.57 Å². The van der Waals surface area contributed by atoms with E-state index in [9.17, 15) is 24.5 Å². The Balaban J connectivity index is 1.90. The lowest BCUT2D eigenvalue weighted by Gasteiger charge is -2.12. The lowest BCUT2D eigenvalue weighted by molar-refractivity contribution is -0.777. The molecule has 0 radical (unpaired) electrons. The van der Waals surface area contributed by atoms with Crippen LogP contribution >= 0.6 is 0 Å². The van der Waals surface area contributed by atoms with E-state index in [4.69, 9.17) is 14.2 Å². The number of esters is 2. The Morgan fingerprint density at radius 1 is 1.00 bits per heavy atom. The molecule has 0 heterocycles. The van der Waals surface area contributed by atoms with Gasteiger partial charge in [0.05, 0.1) is 0 Å². The van der Waals surface area contributed by atoms with Gasteiger partial charge in [-0.3, -0.25) is 9.63 Å². The van der Waals surface area contributed by atoms with Crippen molar-refractivity contribution in [2.75, 3.05) is 0 Å². The van der Waals surface area contributed by atoms with Gasteiger partial charge in [-0.15, -0.1) is 10.1 Å². The van der Waals surface area contributed by atoms with Crippen molar-refractivity contribution in [3.8, 4) is 5.75 Å². The van der Waals surface area contributed by atoms with Crippen LogP contribution in [0.25, 0.3) is 0 Å². The van der Waals surface area contributed by atoms with Crippen molar-refractivity contribution in [3.63, 3.8) is 0 Å². The number of carbonyl (C=O) groups excluding carboxylic acids is 3. The maximum absolute atomic E-state index is 12.3. The van der Waals surface area contributed by atoms with Crippen molar-refractivity contribution >= 4 is 18.1 Å². The molecule has 0 fully saturated rings. The summed E-state index contributed by atoms with van der Waals surface area (Å²) in [6, 6.07) is 12.8. The van der Waals surface area contributed by atoms with Gasteiger partial charge in [0.25, 0.3) is 5.09 Å². The van der Waals surface area contributed by atoms with E-state index < -0.39 is 29.5 Å². The van der Waals surface area contributed by atoms with Crippen molar-refractivity contribution in [1.29, 1.82) is 0 Å². The Hall–Kier alpha value is -4.15. The molecule has 2 aromatic rings. The molecule has 0 bridgehead atoms. The largest absolute Gasteiger partial charge is 0.510 e. The van der Waals surface area contributed by atoms with Crippen molar-refractivity contribution in [2.45, 2.75) is 33.4 Å². The van der Waals surface area contributed by atoms with Gasteiger partial charge in [0.15, 0.2) is 0 Å². The first-order valence-electron chi connectivity index (χ1n) is 8.91. The molecule has 0 aliphatic carbocycles. The summed E-state index contributed by atoms with van der Waals surface area (Å²) in [6.07, 6.45) is -2.56. The molecule has 0 saturated heterocycles. The standard InChI is InChI=1S/C20H19NO10/c1-13(22)29-18-9-4-3-8-17(18)19(23)27-11-15-6-5-7-16(10-15)12-28-20(24)30-14(2)31-21(25)26/h3-10,14H,11-12H2,1-2H3. The quantitative estimate of drug-likeness (QED) is 0.190. The average molecular weight is 433 g/mol. The highest BCUT2D eigenvalue weighted by Crippen LogP contribution is 2.20. The fourth-order valence-electron chi connectivity index (χ4n) is 2.37. The highest BCUT2D eigenvalue weighted by molar-refractivity contribution is 5.93. The van der Waals surface area contributed by atoms with Crippen molar-refractivity contribution in [3.05, 3.63) is 75.3 Å². The average Bonchev–Trinajstić information content (AvgIpc) is 2.70. The lowest BCUT2D eigenvalue weighted by Crippen LogP contribution is -2.21. The van der Waals surface area contributed by atoms with Crippen molar-refractivity contribution in [1.82, 2.24) is 0 Å². The van der Waals surface area contributed by atoms with Gasteiger partial charge >= 0.3 is 18.1 Å². The first-order chi connectivity index (χ1) is 14.7. The maximum atomic E-state index is 12.3. The summed E-state index contributed by atoms with van der Waals surface area (Å²) in [7, 11) is 0. The van der Waals surface area contributed by atoms with Crippen LogP contribution in [-0.4, -0.2) is 29.5 Å². The van der Waals surface area contributed by atoms with E-state index in [1.54, 1.807) is 36.4 Å². The van der Waals surface area contributed by atoms with Gasteiger partial charge in [-0.05, 0) is 36.2 Å². The number of para-hydroxylation sites is 1. The topological polar surface area (TPSA) is 141 Å². The van der Waals surface area contributed by atoms with Crippen LogP contribution in [0.2, 0.25) is 0 Å². The maximum Gasteiger partial charge on any atom is 0.510 e. The van der Waals surface area contributed by atoms with Crippen molar-refractivity contribution in [2.24, 2.45) is 0 Å². The SMILES string of the molecule is CC(=O)Oc1ccccc1C(=O)OCc1cccc(COC(=O)OC(C)O[N+](=O)[O-])c1. The zero-order valence-electron chi connectivity index (χ0n) is 16.6. The normalized spacial score (nSPS) is 11.0. The Morgan fingerprint density at radius 3 is 2.29 bits per heavy atom. The van der Waals surface area contributed by atoms with E-state index in [0.29, 0.717) is 11.1 Å². The van der Waals surface area contributed by atoms with Gasteiger partial charge in [-0.25, -0.2) is 9.59 Å². The Bertz CT molecular complexity index is 958. The fourth-order valence-corrected chi connectivity index (χ4v) is 2.37. The number of nitrogens with zero attached hydrogens (tertiary/aromatic N) is 1. The minimum Gasteiger partial charge on any atom is -0.457 e. The number of ether oxygens (including phenoxy) is 4. The summed E-state index contributed by atoms with van der Waals surface area (Å²) in [5, 5.41) is 9.08. The number of benzene rings is 2. The molecule has 11 heteroatoms. The van der Waals surface area contributed by atoms with Gasteiger partial charge < -0.3 is 18.9 Å². The van der Waals surface area contributed by atoms with E-state index >= 15 is 0 Å². The van der Waals surface area contributed by atoms with Gasteiger partial charge in [0.2, 0.25) is 6.29 Å². The van der Waals surface area contributed by atoms with Crippen LogP contribution in [0.1, 0.15) is 35.3 Å². The molecule has 1 atom stereocenters. The minimum absolute atomic E-state index is 0.0841. The molecule has 2 rings (SSSR count). The molecule has 0 amide bonds. The molecule has 1 unspecified atom stereocenters. The summed E-state index contributed by atoms with van der Waals surface area (Å²) in [5.74, 6) is -1.15. The van der Waals surface area contributed by atoms with Crippen LogP contribution in [0.4, 0.5) is 4.79 Å². The fraction of sp³-hybridized carbons (Fsp3) is 0.250. The molecule has 31 heavy (non-hydrogen) atoms. The van der Waals surface area contributed by atoms with Gasteiger partial charge in [-0.2, -0.15) is 0 Å². The van der Waals surface area contributed by atoms with Crippen LogP contribution in [-0.2, 0) is 37.1 Å².